The molecular weight excluding hydrogens is 220 g/mol. The summed E-state index contributed by atoms with van der Waals surface area (Å²) in [6.07, 6.45) is 0. The first-order chi connectivity index (χ1) is 9.46. The van der Waals surface area contributed by atoms with Crippen LogP contribution in [-0.4, -0.2) is 4.98 Å². The van der Waals surface area contributed by atoms with Crippen LogP contribution in [0.4, 0.5) is 5.69 Å². The van der Waals surface area contributed by atoms with Crippen LogP contribution in [-0.2, 0) is 5.41 Å². The van der Waals surface area contributed by atoms with Gasteiger partial charge in [0.15, 0.2) is 0 Å². The molecular formula is C13H15ClN2. The zero-order valence-corrected chi connectivity index (χ0v) is 9.81. The molecule has 0 bridgehead atoms. The third-order valence-electron chi connectivity index (χ3n) is 2.22. The molecule has 2 rings (SSSR count). The second kappa shape index (κ2) is 3.63. The van der Waals surface area contributed by atoms with Crippen LogP contribution >= 0.6 is 11.6 Å². The number of nitrogens with zero attached hydrogens (tertiary/aromatic N) is 1. The average molecular weight is 240 g/mol. The highest BCUT2D eigenvalue weighted by Crippen LogP contribution is 2.29. The molecule has 1 aromatic heterocycles. The molecule has 0 saturated carbocycles. The maximum atomic E-state index is 8.12. The summed E-state index contributed by atoms with van der Waals surface area (Å²) in [6, 6.07) is 2.89. The van der Waals surface area contributed by atoms with Crippen LogP contribution in [0.5, 0.6) is 0 Å². The second-order valence-electron chi connectivity index (χ2n) is 4.20. The van der Waals surface area contributed by atoms with E-state index >= 15 is 0 Å². The van der Waals surface area contributed by atoms with Crippen molar-refractivity contribution in [2.75, 3.05) is 5.73 Å². The summed E-state index contributed by atoms with van der Waals surface area (Å²) in [6.45, 7) is 0.676. The Balaban J connectivity index is 2.88. The number of benzene rings is 1. The SMILES string of the molecule is [2H]c1c(N)c(C(C)(C)C([2H])([2H])[2H])nc2c([2H])cc(Cl)cc12. The Morgan fingerprint density at radius 1 is 1.56 bits per heavy atom. The van der Waals surface area contributed by atoms with Crippen LogP contribution in [0.15, 0.2) is 24.2 Å². The van der Waals surface area contributed by atoms with Gasteiger partial charge < -0.3 is 5.73 Å². The van der Waals surface area contributed by atoms with Crippen molar-refractivity contribution in [1.82, 2.24) is 4.98 Å². The van der Waals surface area contributed by atoms with Crippen molar-refractivity contribution in [2.24, 2.45) is 0 Å². The number of nitrogens with two attached hydrogens (primary N) is 1. The Bertz CT molecular complexity index is 725. The lowest BCUT2D eigenvalue weighted by Crippen LogP contribution is -2.16. The average Bonchev–Trinajstić information content (AvgIpc) is 2.32. The molecule has 2 aromatic rings. The number of fused-ring (bicyclic) bond motifs is 1. The predicted octanol–water partition coefficient (Wildman–Crippen LogP) is 3.77. The van der Waals surface area contributed by atoms with Crippen molar-refractivity contribution in [2.45, 2.75) is 26.1 Å². The Hall–Kier alpha value is -1.28. The van der Waals surface area contributed by atoms with E-state index in [1.807, 2.05) is 0 Å². The summed E-state index contributed by atoms with van der Waals surface area (Å²) < 4.78 is 39.0. The lowest BCUT2D eigenvalue weighted by Gasteiger charge is -2.20. The molecule has 0 spiro atoms. The number of hydrogen-bond donors (Lipinski definition) is 1. The molecule has 3 heteroatoms. The highest BCUT2D eigenvalue weighted by Gasteiger charge is 2.19. The number of rotatable bonds is 0. The minimum absolute atomic E-state index is 0.00490. The summed E-state index contributed by atoms with van der Waals surface area (Å²) in [5.41, 5.74) is 4.94. The number of halogens is 1. The maximum absolute atomic E-state index is 8.12. The van der Waals surface area contributed by atoms with Crippen LogP contribution in [0.1, 0.15) is 33.2 Å². The first-order valence-electron chi connectivity index (χ1n) is 7.33. The second-order valence-corrected chi connectivity index (χ2v) is 4.64. The van der Waals surface area contributed by atoms with E-state index in [2.05, 4.69) is 4.98 Å². The fourth-order valence-electron chi connectivity index (χ4n) is 1.50. The number of nitrogen functional groups attached to an aromatic ring is 1. The van der Waals surface area contributed by atoms with Gasteiger partial charge in [-0.05, 0) is 24.2 Å². The van der Waals surface area contributed by atoms with Gasteiger partial charge in [-0.25, -0.2) is 0 Å². The van der Waals surface area contributed by atoms with Gasteiger partial charge in [0.1, 0.15) is 0 Å². The first-order valence-corrected chi connectivity index (χ1v) is 5.21. The molecule has 84 valence electrons. The van der Waals surface area contributed by atoms with Gasteiger partial charge in [0.25, 0.3) is 0 Å². The highest BCUT2D eigenvalue weighted by atomic mass is 35.5. The highest BCUT2D eigenvalue weighted by molar-refractivity contribution is 6.31. The van der Waals surface area contributed by atoms with Gasteiger partial charge in [-0.3, -0.25) is 4.98 Å². The lowest BCUT2D eigenvalue weighted by atomic mass is 9.90. The molecule has 0 aliphatic carbocycles. The third-order valence-corrected chi connectivity index (χ3v) is 2.44. The minimum Gasteiger partial charge on any atom is -0.397 e. The monoisotopic (exact) mass is 239 g/mol. The van der Waals surface area contributed by atoms with Crippen LogP contribution in [0.2, 0.25) is 5.02 Å². The van der Waals surface area contributed by atoms with E-state index in [9.17, 15) is 0 Å². The van der Waals surface area contributed by atoms with Gasteiger partial charge >= 0.3 is 0 Å². The summed E-state index contributed by atoms with van der Waals surface area (Å²) in [5, 5.41) is 0.653. The van der Waals surface area contributed by atoms with Gasteiger partial charge in [-0.1, -0.05) is 32.3 Å². The number of anilines is 1. The number of pyridine rings is 1. The first kappa shape index (κ1) is 6.45. The molecule has 0 atom stereocenters. The van der Waals surface area contributed by atoms with Crippen LogP contribution in [0, 0.1) is 0 Å². The standard InChI is InChI=1S/C13H15ClN2/c1-13(2,3)12-10(15)7-8-6-9(14)4-5-11(8)16-12/h4-7H,15H2,1-3H3/i1D3,5D,7D. The Labute approximate surface area is 107 Å². The molecule has 1 aromatic carbocycles. The topological polar surface area (TPSA) is 38.9 Å². The summed E-state index contributed by atoms with van der Waals surface area (Å²) in [7, 11) is 0. The van der Waals surface area contributed by atoms with Crippen molar-refractivity contribution in [3.63, 3.8) is 0 Å². The van der Waals surface area contributed by atoms with Crippen molar-refractivity contribution in [3.8, 4) is 0 Å². The van der Waals surface area contributed by atoms with Crippen LogP contribution in [0.25, 0.3) is 10.9 Å². The van der Waals surface area contributed by atoms with E-state index < -0.39 is 12.3 Å². The van der Waals surface area contributed by atoms with Gasteiger partial charge in [0.2, 0.25) is 0 Å². The molecule has 0 radical (unpaired) electrons. The third kappa shape index (κ3) is 1.98. The van der Waals surface area contributed by atoms with Crippen LogP contribution < -0.4 is 5.73 Å². The van der Waals surface area contributed by atoms with Crippen molar-refractivity contribution in [3.05, 3.63) is 34.9 Å². The number of hydrogen-bond acceptors (Lipinski definition) is 2. The summed E-state index contributed by atoms with van der Waals surface area (Å²) in [4.78, 5) is 4.26. The van der Waals surface area contributed by atoms with Gasteiger partial charge in [0, 0.05) is 19.9 Å². The van der Waals surface area contributed by atoms with Gasteiger partial charge in [-0.15, -0.1) is 0 Å². The van der Waals surface area contributed by atoms with Crippen molar-refractivity contribution in [1.29, 1.82) is 0 Å². The van der Waals surface area contributed by atoms with E-state index in [0.29, 0.717) is 10.4 Å². The fourth-order valence-corrected chi connectivity index (χ4v) is 1.67. The Kier molecular flexibility index (Phi) is 1.47. The predicted molar refractivity (Wildman–Crippen MR) is 69.9 cm³/mol. The van der Waals surface area contributed by atoms with Crippen LogP contribution in [0.3, 0.4) is 0 Å². The zero-order valence-electron chi connectivity index (χ0n) is 14.1. The molecule has 0 aliphatic heterocycles. The molecule has 0 aliphatic rings. The molecule has 0 fully saturated rings. The normalized spacial score (nSPS) is 17.3. The van der Waals surface area contributed by atoms with E-state index in [1.54, 1.807) is 0 Å². The molecule has 2 nitrogen and oxygen atoms in total. The molecule has 0 saturated heterocycles. The molecule has 0 unspecified atom stereocenters. The quantitative estimate of drug-likeness (QED) is 0.760. The molecule has 16 heavy (non-hydrogen) atoms. The van der Waals surface area contributed by atoms with E-state index in [0.717, 1.165) is 0 Å². The fraction of sp³-hybridized carbons (Fsp3) is 0.308. The summed E-state index contributed by atoms with van der Waals surface area (Å²) >= 11 is 5.89. The van der Waals surface area contributed by atoms with Crippen molar-refractivity contribution < 1.29 is 6.85 Å². The zero-order chi connectivity index (χ0) is 16.2. The van der Waals surface area contributed by atoms with Gasteiger partial charge in [0.05, 0.1) is 19.6 Å². The largest absolute Gasteiger partial charge is 0.397 e. The van der Waals surface area contributed by atoms with Crippen molar-refractivity contribution >= 4 is 28.2 Å². The van der Waals surface area contributed by atoms with E-state index in [1.165, 1.54) is 26.0 Å². The number of aromatic nitrogens is 1. The summed E-state index contributed by atoms with van der Waals surface area (Å²) in [5.74, 6) is 0. The molecule has 0 amide bonds. The molecule has 1 heterocycles. The minimum atomic E-state index is -2.33. The lowest BCUT2D eigenvalue weighted by molar-refractivity contribution is 0.574. The van der Waals surface area contributed by atoms with Gasteiger partial charge in [-0.2, -0.15) is 0 Å². The van der Waals surface area contributed by atoms with E-state index in [-0.39, 0.29) is 29.0 Å². The maximum Gasteiger partial charge on any atom is 0.0708 e. The Morgan fingerprint density at radius 2 is 2.31 bits per heavy atom. The molecule has 2 N–H and O–H groups in total. The van der Waals surface area contributed by atoms with E-state index in [4.69, 9.17) is 24.2 Å². The smallest absolute Gasteiger partial charge is 0.0708 e. The Morgan fingerprint density at radius 3 is 3.00 bits per heavy atom.